The number of carbonyl (C=O) groups is 1. The van der Waals surface area contributed by atoms with Gasteiger partial charge >= 0.3 is 6.03 Å². The van der Waals surface area contributed by atoms with E-state index in [0.29, 0.717) is 5.69 Å². The molecule has 0 aliphatic heterocycles. The van der Waals surface area contributed by atoms with Gasteiger partial charge in [-0.2, -0.15) is 5.26 Å². The third kappa shape index (κ3) is 4.31. The van der Waals surface area contributed by atoms with Crippen molar-refractivity contribution in [3.05, 3.63) is 51.7 Å². The monoisotopic (exact) mass is 300 g/mol. The van der Waals surface area contributed by atoms with E-state index in [-0.39, 0.29) is 6.04 Å². The Bertz CT molecular complexity index is 657. The maximum Gasteiger partial charge on any atom is 0.316 e. The molecule has 0 saturated carbocycles. The van der Waals surface area contributed by atoms with Crippen LogP contribution >= 0.6 is 11.3 Å². The fourth-order valence-electron chi connectivity index (χ4n) is 1.90. The molecule has 0 aliphatic rings. The molecular formula is C15H16N4OS. The van der Waals surface area contributed by atoms with Crippen LogP contribution in [0.3, 0.4) is 0 Å². The fraction of sp³-hybridized carbons (Fsp3) is 0.200. The van der Waals surface area contributed by atoms with E-state index in [1.54, 1.807) is 0 Å². The summed E-state index contributed by atoms with van der Waals surface area (Å²) in [5.74, 6) is 0. The minimum atomic E-state index is -0.570. The molecule has 2 amide bonds. The van der Waals surface area contributed by atoms with Gasteiger partial charge in [-0.15, -0.1) is 11.3 Å². The van der Waals surface area contributed by atoms with Crippen LogP contribution in [0.1, 0.15) is 28.3 Å². The molecule has 0 saturated heterocycles. The highest BCUT2D eigenvalue weighted by molar-refractivity contribution is 7.12. The number of anilines is 1. The van der Waals surface area contributed by atoms with Crippen LogP contribution in [0.25, 0.3) is 0 Å². The van der Waals surface area contributed by atoms with Crippen molar-refractivity contribution in [3.8, 4) is 6.07 Å². The van der Waals surface area contributed by atoms with E-state index < -0.39 is 6.03 Å². The Balaban J connectivity index is 1.92. The number of nitrogens with one attached hydrogen (secondary N) is 2. The summed E-state index contributed by atoms with van der Waals surface area (Å²) in [4.78, 5) is 12.6. The second-order valence-corrected chi connectivity index (χ2v) is 5.76. The molecule has 1 heterocycles. The second-order valence-electron chi connectivity index (χ2n) is 4.59. The van der Waals surface area contributed by atoms with Crippen LogP contribution in [0.5, 0.6) is 0 Å². The molecule has 1 atom stereocenters. The minimum absolute atomic E-state index is 0.167. The summed E-state index contributed by atoms with van der Waals surface area (Å²) in [7, 11) is 0. The maximum absolute atomic E-state index is 10.8. The second kappa shape index (κ2) is 6.88. The van der Waals surface area contributed by atoms with E-state index in [2.05, 4.69) is 23.6 Å². The number of hydrogen-bond acceptors (Lipinski definition) is 4. The molecule has 5 nitrogen and oxygen atoms in total. The number of hydrogen-bond donors (Lipinski definition) is 3. The average Bonchev–Trinajstić information content (AvgIpc) is 2.93. The molecule has 1 unspecified atom stereocenters. The molecule has 2 rings (SSSR count). The highest BCUT2D eigenvalue weighted by atomic mass is 32.1. The molecule has 1 aromatic carbocycles. The third-order valence-corrected chi connectivity index (χ3v) is 4.02. The first-order valence-electron chi connectivity index (χ1n) is 6.47. The van der Waals surface area contributed by atoms with Crippen molar-refractivity contribution in [2.24, 2.45) is 5.73 Å². The smallest absolute Gasteiger partial charge is 0.316 e. The van der Waals surface area contributed by atoms with Crippen LogP contribution in [0.4, 0.5) is 10.5 Å². The largest absolute Gasteiger partial charge is 0.351 e. The lowest BCUT2D eigenvalue weighted by molar-refractivity contribution is 0.259. The van der Waals surface area contributed by atoms with Gasteiger partial charge in [-0.3, -0.25) is 0 Å². The van der Waals surface area contributed by atoms with Crippen molar-refractivity contribution in [2.75, 3.05) is 5.32 Å². The van der Waals surface area contributed by atoms with E-state index >= 15 is 0 Å². The number of rotatable bonds is 5. The number of thiophene rings is 1. The molecule has 0 spiro atoms. The van der Waals surface area contributed by atoms with Gasteiger partial charge in [0, 0.05) is 23.2 Å². The molecule has 0 fully saturated rings. The first-order valence-corrected chi connectivity index (χ1v) is 7.29. The Morgan fingerprint density at radius 2 is 2.05 bits per heavy atom. The molecule has 4 N–H and O–H groups in total. The predicted molar refractivity (Wildman–Crippen MR) is 83.9 cm³/mol. The van der Waals surface area contributed by atoms with Crippen LogP contribution in [0, 0.1) is 11.3 Å². The van der Waals surface area contributed by atoms with Gasteiger partial charge in [-0.25, -0.2) is 4.79 Å². The summed E-state index contributed by atoms with van der Waals surface area (Å²) < 4.78 is 0. The third-order valence-electron chi connectivity index (χ3n) is 3.03. The van der Waals surface area contributed by atoms with E-state index in [4.69, 9.17) is 11.0 Å². The molecule has 1 aromatic heterocycles. The number of primary amides is 1. The fourth-order valence-corrected chi connectivity index (χ4v) is 2.66. The van der Waals surface area contributed by atoms with Crippen LogP contribution < -0.4 is 16.4 Å². The van der Waals surface area contributed by atoms with Gasteiger partial charge in [0.25, 0.3) is 0 Å². The topological polar surface area (TPSA) is 90.9 Å². The Kier molecular flexibility index (Phi) is 4.93. The van der Waals surface area contributed by atoms with Crippen LogP contribution in [-0.4, -0.2) is 6.03 Å². The molecular weight excluding hydrogens is 284 g/mol. The number of urea groups is 1. The zero-order valence-corrected chi connectivity index (χ0v) is 12.4. The standard InChI is InChI=1S/C15H16N4OS/c1-10(18-9-14-7-6-13(8-16)21-14)11-2-4-12(5-3-11)19-15(17)20/h2-7,10,18H,9H2,1H3,(H3,17,19,20). The van der Waals surface area contributed by atoms with Gasteiger partial charge in [0.15, 0.2) is 0 Å². The zero-order valence-electron chi connectivity index (χ0n) is 11.6. The quantitative estimate of drug-likeness (QED) is 0.792. The zero-order chi connectivity index (χ0) is 15.2. The molecule has 6 heteroatoms. The first-order chi connectivity index (χ1) is 10.1. The number of nitrogens with zero attached hydrogens (tertiary/aromatic N) is 1. The van der Waals surface area contributed by atoms with Crippen molar-refractivity contribution in [1.29, 1.82) is 5.26 Å². The van der Waals surface area contributed by atoms with Gasteiger partial charge in [0.1, 0.15) is 10.9 Å². The van der Waals surface area contributed by atoms with Crippen molar-refractivity contribution < 1.29 is 4.79 Å². The van der Waals surface area contributed by atoms with Crippen LogP contribution in [-0.2, 0) is 6.54 Å². The number of nitriles is 1. The first kappa shape index (κ1) is 15.0. The summed E-state index contributed by atoms with van der Waals surface area (Å²) in [5, 5.41) is 14.7. The molecule has 0 aliphatic carbocycles. The summed E-state index contributed by atoms with van der Waals surface area (Å²) >= 11 is 1.49. The normalized spacial score (nSPS) is 11.6. The maximum atomic E-state index is 10.8. The average molecular weight is 300 g/mol. The summed E-state index contributed by atoms with van der Waals surface area (Å²) in [6.45, 7) is 2.78. The predicted octanol–water partition coefficient (Wildman–Crippen LogP) is 2.96. The number of benzene rings is 1. The van der Waals surface area contributed by atoms with E-state index in [9.17, 15) is 4.79 Å². The minimum Gasteiger partial charge on any atom is -0.351 e. The molecule has 0 bridgehead atoms. The van der Waals surface area contributed by atoms with Crippen LogP contribution in [0.2, 0.25) is 0 Å². The van der Waals surface area contributed by atoms with Crippen molar-refractivity contribution in [3.63, 3.8) is 0 Å². The van der Waals surface area contributed by atoms with Crippen molar-refractivity contribution in [1.82, 2.24) is 5.32 Å². The van der Waals surface area contributed by atoms with E-state index in [1.807, 2.05) is 36.4 Å². The van der Waals surface area contributed by atoms with E-state index in [0.717, 1.165) is 21.9 Å². The van der Waals surface area contributed by atoms with Gasteiger partial charge in [0.05, 0.1) is 0 Å². The van der Waals surface area contributed by atoms with E-state index in [1.165, 1.54) is 11.3 Å². The van der Waals surface area contributed by atoms with Gasteiger partial charge in [-0.05, 0) is 36.8 Å². The number of nitrogens with two attached hydrogens (primary N) is 1. The lowest BCUT2D eigenvalue weighted by Crippen LogP contribution is -2.19. The molecule has 21 heavy (non-hydrogen) atoms. The Morgan fingerprint density at radius 1 is 1.33 bits per heavy atom. The molecule has 2 aromatic rings. The highest BCUT2D eigenvalue weighted by Crippen LogP contribution is 2.19. The number of carbonyl (C=O) groups excluding carboxylic acids is 1. The van der Waals surface area contributed by atoms with Gasteiger partial charge in [-0.1, -0.05) is 12.1 Å². The lowest BCUT2D eigenvalue weighted by atomic mass is 10.1. The SMILES string of the molecule is CC(NCc1ccc(C#N)s1)c1ccc(NC(N)=O)cc1. The summed E-state index contributed by atoms with van der Waals surface area (Å²) in [6.07, 6.45) is 0. The van der Waals surface area contributed by atoms with Crippen molar-refractivity contribution >= 4 is 23.1 Å². The Morgan fingerprint density at radius 3 is 2.62 bits per heavy atom. The van der Waals surface area contributed by atoms with Gasteiger partial charge < -0.3 is 16.4 Å². The Labute approximate surface area is 127 Å². The van der Waals surface area contributed by atoms with Gasteiger partial charge in [0.2, 0.25) is 0 Å². The molecule has 0 radical (unpaired) electrons. The highest BCUT2D eigenvalue weighted by Gasteiger charge is 2.06. The Hall–Kier alpha value is -2.36. The lowest BCUT2D eigenvalue weighted by Gasteiger charge is -2.14. The van der Waals surface area contributed by atoms with Crippen molar-refractivity contribution in [2.45, 2.75) is 19.5 Å². The molecule has 108 valence electrons. The number of amides is 2. The summed E-state index contributed by atoms with van der Waals surface area (Å²) in [5.41, 5.74) is 6.85. The summed E-state index contributed by atoms with van der Waals surface area (Å²) in [6, 6.07) is 13.0. The van der Waals surface area contributed by atoms with Crippen LogP contribution in [0.15, 0.2) is 36.4 Å².